The van der Waals surface area contributed by atoms with Gasteiger partial charge in [0.25, 0.3) is 0 Å². The molecule has 0 saturated carbocycles. The molecular weight excluding hydrogens is 260 g/mol. The molecule has 0 aromatic carbocycles. The van der Waals surface area contributed by atoms with Gasteiger partial charge in [-0.2, -0.15) is 0 Å². The third-order valence-corrected chi connectivity index (χ3v) is 3.36. The van der Waals surface area contributed by atoms with Crippen molar-refractivity contribution in [1.29, 1.82) is 0 Å². The zero-order chi connectivity index (χ0) is 14.5. The van der Waals surface area contributed by atoms with Crippen LogP contribution in [0, 0.1) is 5.92 Å². The number of piperidine rings is 1. The molecule has 0 aliphatic carbocycles. The van der Waals surface area contributed by atoms with Crippen LogP contribution >= 0.6 is 0 Å². The summed E-state index contributed by atoms with van der Waals surface area (Å²) < 4.78 is 5.32. The lowest BCUT2D eigenvalue weighted by Gasteiger charge is -2.29. The van der Waals surface area contributed by atoms with Gasteiger partial charge in [0.15, 0.2) is 0 Å². The smallest absolute Gasteiger partial charge is 0.311 e. The summed E-state index contributed by atoms with van der Waals surface area (Å²) in [5.41, 5.74) is 5.26. The second-order valence-corrected chi connectivity index (χ2v) is 4.74. The van der Waals surface area contributed by atoms with Crippen LogP contribution in [0.1, 0.15) is 36.3 Å². The van der Waals surface area contributed by atoms with Crippen LogP contribution in [0.3, 0.4) is 0 Å². The van der Waals surface area contributed by atoms with Crippen molar-refractivity contribution in [2.75, 3.05) is 13.1 Å². The van der Waals surface area contributed by atoms with E-state index in [9.17, 15) is 9.59 Å². The first kappa shape index (κ1) is 14.2. The summed E-state index contributed by atoms with van der Waals surface area (Å²) in [5.74, 6) is -0.317. The van der Waals surface area contributed by atoms with Gasteiger partial charge in [0.05, 0.1) is 0 Å². The number of likely N-dealkylation sites (tertiary alicyclic amines) is 1. The predicted molar refractivity (Wildman–Crippen MR) is 70.6 cm³/mol. The number of rotatable bonds is 4. The minimum Gasteiger partial charge on any atom is -0.417 e. The Morgan fingerprint density at radius 2 is 2.10 bits per heavy atom. The number of nitrogens with zero attached hydrogens (tertiary/aromatic N) is 3. The Labute approximate surface area is 116 Å². The molecular formula is C13H18N4O3. The molecule has 0 bridgehead atoms. The molecule has 2 N–H and O–H groups in total. The Morgan fingerprint density at radius 3 is 2.70 bits per heavy atom. The van der Waals surface area contributed by atoms with E-state index < -0.39 is 0 Å². The van der Waals surface area contributed by atoms with Crippen molar-refractivity contribution in [2.24, 2.45) is 11.7 Å². The van der Waals surface area contributed by atoms with Crippen molar-refractivity contribution in [3.63, 3.8) is 0 Å². The monoisotopic (exact) mass is 278 g/mol. The highest BCUT2D eigenvalue weighted by molar-refractivity contribution is 5.89. The van der Waals surface area contributed by atoms with Gasteiger partial charge in [0, 0.05) is 25.4 Å². The average Bonchev–Trinajstić information content (AvgIpc) is 2.93. The van der Waals surface area contributed by atoms with Crippen molar-refractivity contribution in [1.82, 2.24) is 15.1 Å². The van der Waals surface area contributed by atoms with Crippen LogP contribution in [0.25, 0.3) is 0 Å². The van der Waals surface area contributed by atoms with Gasteiger partial charge >= 0.3 is 11.8 Å². The topological polar surface area (TPSA) is 102 Å². The van der Waals surface area contributed by atoms with E-state index >= 15 is 0 Å². The molecule has 1 aliphatic rings. The van der Waals surface area contributed by atoms with Crippen molar-refractivity contribution in [3.8, 4) is 0 Å². The summed E-state index contributed by atoms with van der Waals surface area (Å²) >= 11 is 0. The third-order valence-electron chi connectivity index (χ3n) is 3.36. The lowest BCUT2D eigenvalue weighted by atomic mass is 9.96. The molecule has 0 radical (unpaired) electrons. The van der Waals surface area contributed by atoms with Gasteiger partial charge in [-0.3, -0.25) is 9.59 Å². The molecule has 20 heavy (non-hydrogen) atoms. The number of allylic oxidation sites excluding steroid dienone is 2. The summed E-state index contributed by atoms with van der Waals surface area (Å²) in [7, 11) is 0. The highest BCUT2D eigenvalue weighted by Crippen LogP contribution is 2.18. The van der Waals surface area contributed by atoms with Crippen LogP contribution < -0.4 is 5.73 Å². The summed E-state index contributed by atoms with van der Waals surface area (Å²) in [6, 6.07) is 0. The number of carbonyl (C=O) groups excluding carboxylic acids is 2. The molecule has 2 amide bonds. The molecule has 1 aromatic rings. The number of hydrogen-bond donors (Lipinski definition) is 1. The molecule has 1 aliphatic heterocycles. The number of hydrogen-bond acceptors (Lipinski definition) is 5. The molecule has 7 nitrogen and oxygen atoms in total. The van der Waals surface area contributed by atoms with E-state index in [-0.39, 0.29) is 23.6 Å². The van der Waals surface area contributed by atoms with E-state index in [2.05, 4.69) is 10.2 Å². The zero-order valence-corrected chi connectivity index (χ0v) is 11.4. The molecule has 2 rings (SSSR count). The Morgan fingerprint density at radius 1 is 1.40 bits per heavy atom. The number of aromatic nitrogens is 2. The first-order valence-corrected chi connectivity index (χ1v) is 6.64. The van der Waals surface area contributed by atoms with E-state index in [1.165, 1.54) is 0 Å². The summed E-state index contributed by atoms with van der Waals surface area (Å²) in [6.45, 7) is 2.86. The number of primary amides is 1. The zero-order valence-electron chi connectivity index (χ0n) is 11.4. The van der Waals surface area contributed by atoms with Crippen LogP contribution in [-0.4, -0.2) is 40.0 Å². The first-order valence-electron chi connectivity index (χ1n) is 6.64. The molecule has 7 heteroatoms. The molecule has 0 unspecified atom stereocenters. The van der Waals surface area contributed by atoms with Gasteiger partial charge in [0.2, 0.25) is 11.8 Å². The van der Waals surface area contributed by atoms with Crippen molar-refractivity contribution in [3.05, 3.63) is 23.9 Å². The lowest BCUT2D eigenvalue weighted by Crippen LogP contribution is -2.41. The maximum Gasteiger partial charge on any atom is 0.311 e. The highest BCUT2D eigenvalue weighted by atomic mass is 16.4. The standard InChI is InChI=1S/C13H18N4O3/c1-2-3-4-10-15-16-12(20-10)13(19)17-7-5-9(6-8-17)11(14)18/h2-3,9H,4-8H2,1H3,(H2,14,18)/b3-2+. The number of carbonyl (C=O) groups is 2. The Hall–Kier alpha value is -2.18. The molecule has 108 valence electrons. The maximum absolute atomic E-state index is 12.2. The average molecular weight is 278 g/mol. The Balaban J connectivity index is 1.95. The molecule has 0 spiro atoms. The minimum absolute atomic E-state index is 0.00188. The van der Waals surface area contributed by atoms with Gasteiger partial charge in [0.1, 0.15) is 0 Å². The fourth-order valence-corrected chi connectivity index (χ4v) is 2.14. The molecule has 0 atom stereocenters. The minimum atomic E-state index is -0.302. The van der Waals surface area contributed by atoms with E-state index in [4.69, 9.17) is 10.2 Å². The van der Waals surface area contributed by atoms with E-state index in [1.54, 1.807) is 4.90 Å². The van der Waals surface area contributed by atoms with E-state index in [0.717, 1.165) is 0 Å². The van der Waals surface area contributed by atoms with E-state index in [1.807, 2.05) is 19.1 Å². The van der Waals surface area contributed by atoms with Crippen molar-refractivity contribution in [2.45, 2.75) is 26.2 Å². The van der Waals surface area contributed by atoms with E-state index in [0.29, 0.717) is 38.2 Å². The van der Waals surface area contributed by atoms with Gasteiger partial charge in [-0.25, -0.2) is 0 Å². The van der Waals surface area contributed by atoms with Crippen LogP contribution in [0.5, 0.6) is 0 Å². The molecule has 1 aromatic heterocycles. The lowest BCUT2D eigenvalue weighted by molar-refractivity contribution is -0.123. The summed E-state index contributed by atoms with van der Waals surface area (Å²) in [4.78, 5) is 24.9. The van der Waals surface area contributed by atoms with Crippen LogP contribution in [-0.2, 0) is 11.2 Å². The van der Waals surface area contributed by atoms with Gasteiger partial charge in [-0.15, -0.1) is 10.2 Å². The first-order chi connectivity index (χ1) is 9.61. The predicted octanol–water partition coefficient (Wildman–Crippen LogP) is 0.526. The quantitative estimate of drug-likeness (QED) is 0.809. The fraction of sp³-hybridized carbons (Fsp3) is 0.538. The molecule has 2 heterocycles. The summed E-state index contributed by atoms with van der Waals surface area (Å²) in [6.07, 6.45) is 5.43. The summed E-state index contributed by atoms with van der Waals surface area (Å²) in [5, 5.41) is 7.59. The fourth-order valence-electron chi connectivity index (χ4n) is 2.14. The van der Waals surface area contributed by atoms with Crippen LogP contribution in [0.2, 0.25) is 0 Å². The third kappa shape index (κ3) is 3.23. The van der Waals surface area contributed by atoms with Crippen LogP contribution in [0.4, 0.5) is 0 Å². The van der Waals surface area contributed by atoms with Gasteiger partial charge in [-0.1, -0.05) is 12.2 Å². The SMILES string of the molecule is C/C=C/Cc1nnc(C(=O)N2CCC(C(N)=O)CC2)o1. The number of nitrogens with two attached hydrogens (primary N) is 1. The van der Waals surface area contributed by atoms with Crippen molar-refractivity contribution >= 4 is 11.8 Å². The van der Waals surface area contributed by atoms with Crippen LogP contribution in [0.15, 0.2) is 16.6 Å². The van der Waals surface area contributed by atoms with Crippen molar-refractivity contribution < 1.29 is 14.0 Å². The highest BCUT2D eigenvalue weighted by Gasteiger charge is 2.28. The maximum atomic E-state index is 12.2. The molecule has 1 fully saturated rings. The largest absolute Gasteiger partial charge is 0.417 e. The second-order valence-electron chi connectivity index (χ2n) is 4.74. The Kier molecular flexibility index (Phi) is 4.49. The second kappa shape index (κ2) is 6.31. The molecule has 1 saturated heterocycles. The normalized spacial score (nSPS) is 16.8. The van der Waals surface area contributed by atoms with Gasteiger partial charge in [-0.05, 0) is 19.8 Å². The number of amides is 2. The van der Waals surface area contributed by atoms with Gasteiger partial charge < -0.3 is 15.1 Å². The Bertz CT molecular complexity index is 515.